The summed E-state index contributed by atoms with van der Waals surface area (Å²) in [6.45, 7) is 5.37. The zero-order valence-corrected chi connectivity index (χ0v) is 12.6. The first-order valence-corrected chi connectivity index (χ1v) is 8.40. The zero-order valence-electron chi connectivity index (χ0n) is 12.6. The van der Waals surface area contributed by atoms with Gasteiger partial charge in [-0.2, -0.15) is 0 Å². The van der Waals surface area contributed by atoms with Crippen LogP contribution in [-0.2, 0) is 4.74 Å². The molecule has 2 atom stereocenters. The molecule has 2 rings (SSSR count). The van der Waals surface area contributed by atoms with Crippen molar-refractivity contribution in [2.75, 3.05) is 19.8 Å². The summed E-state index contributed by atoms with van der Waals surface area (Å²) in [6, 6.07) is 0.616. The maximum atomic E-state index is 5.55. The fourth-order valence-electron chi connectivity index (χ4n) is 3.32. The Morgan fingerprint density at radius 1 is 1.32 bits per heavy atom. The van der Waals surface area contributed by atoms with Crippen molar-refractivity contribution < 1.29 is 4.74 Å². The van der Waals surface area contributed by atoms with Crippen LogP contribution in [0, 0.1) is 5.92 Å². The third-order valence-corrected chi connectivity index (χ3v) is 4.51. The SMILES string of the molecule is CCCNC(CC1CCOC1)C1=CCCCCCC1. The van der Waals surface area contributed by atoms with Gasteiger partial charge in [-0.25, -0.2) is 0 Å². The van der Waals surface area contributed by atoms with Crippen LogP contribution in [0.15, 0.2) is 11.6 Å². The molecular formula is C17H31NO. The van der Waals surface area contributed by atoms with Crippen LogP contribution in [-0.4, -0.2) is 25.8 Å². The molecule has 0 amide bonds. The molecule has 2 nitrogen and oxygen atoms in total. The van der Waals surface area contributed by atoms with Crippen molar-refractivity contribution in [2.24, 2.45) is 5.92 Å². The largest absolute Gasteiger partial charge is 0.381 e. The Hall–Kier alpha value is -0.340. The lowest BCUT2D eigenvalue weighted by Gasteiger charge is -2.25. The van der Waals surface area contributed by atoms with E-state index in [1.807, 2.05) is 0 Å². The van der Waals surface area contributed by atoms with E-state index in [1.54, 1.807) is 5.57 Å². The van der Waals surface area contributed by atoms with Crippen LogP contribution < -0.4 is 5.32 Å². The molecule has 0 saturated carbocycles. The number of rotatable bonds is 6. The van der Waals surface area contributed by atoms with Gasteiger partial charge in [0.25, 0.3) is 0 Å². The molecule has 2 aliphatic rings. The van der Waals surface area contributed by atoms with Crippen molar-refractivity contribution in [2.45, 2.75) is 70.8 Å². The third-order valence-electron chi connectivity index (χ3n) is 4.51. The summed E-state index contributed by atoms with van der Waals surface area (Å²) >= 11 is 0. The second kappa shape index (κ2) is 8.76. The van der Waals surface area contributed by atoms with Crippen LogP contribution in [0.5, 0.6) is 0 Å². The lowest BCUT2D eigenvalue weighted by Crippen LogP contribution is -2.34. The molecule has 0 bridgehead atoms. The Kier molecular flexibility index (Phi) is 6.94. The summed E-state index contributed by atoms with van der Waals surface area (Å²) in [4.78, 5) is 0. The van der Waals surface area contributed by atoms with Gasteiger partial charge in [0, 0.05) is 19.3 Å². The van der Waals surface area contributed by atoms with Crippen LogP contribution in [0.1, 0.15) is 64.7 Å². The average Bonchev–Trinajstić information content (AvgIpc) is 2.87. The van der Waals surface area contributed by atoms with E-state index in [9.17, 15) is 0 Å². The average molecular weight is 265 g/mol. The molecule has 2 heteroatoms. The van der Waals surface area contributed by atoms with E-state index in [1.165, 1.54) is 57.8 Å². The molecule has 110 valence electrons. The Morgan fingerprint density at radius 2 is 2.21 bits per heavy atom. The van der Waals surface area contributed by atoms with E-state index in [2.05, 4.69) is 18.3 Å². The van der Waals surface area contributed by atoms with E-state index in [0.29, 0.717) is 6.04 Å². The van der Waals surface area contributed by atoms with Gasteiger partial charge in [0.1, 0.15) is 0 Å². The molecule has 0 spiro atoms. The number of hydrogen-bond acceptors (Lipinski definition) is 2. The molecule has 0 aromatic heterocycles. The first-order valence-electron chi connectivity index (χ1n) is 8.40. The van der Waals surface area contributed by atoms with Crippen molar-refractivity contribution >= 4 is 0 Å². The quantitative estimate of drug-likeness (QED) is 0.731. The van der Waals surface area contributed by atoms with E-state index < -0.39 is 0 Å². The van der Waals surface area contributed by atoms with E-state index in [-0.39, 0.29) is 0 Å². The van der Waals surface area contributed by atoms with E-state index >= 15 is 0 Å². The molecule has 1 N–H and O–H groups in total. The molecule has 1 heterocycles. The van der Waals surface area contributed by atoms with Crippen LogP contribution >= 0.6 is 0 Å². The fraction of sp³-hybridized carbons (Fsp3) is 0.882. The molecular weight excluding hydrogens is 234 g/mol. The third kappa shape index (κ3) is 5.27. The van der Waals surface area contributed by atoms with Crippen LogP contribution in [0.25, 0.3) is 0 Å². The highest BCUT2D eigenvalue weighted by Crippen LogP contribution is 2.26. The molecule has 1 fully saturated rings. The number of hydrogen-bond donors (Lipinski definition) is 1. The lowest BCUT2D eigenvalue weighted by molar-refractivity contribution is 0.182. The minimum Gasteiger partial charge on any atom is -0.381 e. The van der Waals surface area contributed by atoms with Gasteiger partial charge < -0.3 is 10.1 Å². The molecule has 2 unspecified atom stereocenters. The predicted molar refractivity (Wildman–Crippen MR) is 81.4 cm³/mol. The van der Waals surface area contributed by atoms with Crippen LogP contribution in [0.4, 0.5) is 0 Å². The summed E-state index contributed by atoms with van der Waals surface area (Å²) in [6.07, 6.45) is 14.5. The molecule has 1 aliphatic carbocycles. The maximum Gasteiger partial charge on any atom is 0.0495 e. The first-order chi connectivity index (χ1) is 9.40. The van der Waals surface area contributed by atoms with Crippen molar-refractivity contribution in [1.29, 1.82) is 0 Å². The Labute approximate surface area is 119 Å². The number of allylic oxidation sites excluding steroid dienone is 1. The highest BCUT2D eigenvalue weighted by Gasteiger charge is 2.22. The van der Waals surface area contributed by atoms with Gasteiger partial charge in [0.15, 0.2) is 0 Å². The summed E-state index contributed by atoms with van der Waals surface area (Å²) in [7, 11) is 0. The molecule has 0 radical (unpaired) electrons. The van der Waals surface area contributed by atoms with E-state index in [0.717, 1.165) is 25.7 Å². The van der Waals surface area contributed by atoms with Crippen molar-refractivity contribution in [3.05, 3.63) is 11.6 Å². The predicted octanol–water partition coefficient (Wildman–Crippen LogP) is 4.06. The smallest absolute Gasteiger partial charge is 0.0495 e. The normalized spacial score (nSPS) is 26.6. The zero-order chi connectivity index (χ0) is 13.3. The van der Waals surface area contributed by atoms with Crippen molar-refractivity contribution in [3.63, 3.8) is 0 Å². The number of ether oxygens (including phenoxy) is 1. The van der Waals surface area contributed by atoms with E-state index in [4.69, 9.17) is 4.74 Å². The Bertz CT molecular complexity index is 268. The van der Waals surface area contributed by atoms with Crippen molar-refractivity contribution in [3.8, 4) is 0 Å². The Balaban J connectivity index is 1.92. The molecule has 19 heavy (non-hydrogen) atoms. The van der Waals surface area contributed by atoms with Gasteiger partial charge in [-0.15, -0.1) is 0 Å². The highest BCUT2D eigenvalue weighted by atomic mass is 16.5. The minimum atomic E-state index is 0.616. The second-order valence-electron chi connectivity index (χ2n) is 6.20. The minimum absolute atomic E-state index is 0.616. The molecule has 0 aromatic rings. The maximum absolute atomic E-state index is 5.55. The van der Waals surface area contributed by atoms with Gasteiger partial charge in [0.05, 0.1) is 0 Å². The Morgan fingerprint density at radius 3 is 3.00 bits per heavy atom. The summed E-state index contributed by atoms with van der Waals surface area (Å²) in [5, 5.41) is 3.79. The van der Waals surface area contributed by atoms with Gasteiger partial charge in [-0.1, -0.05) is 31.4 Å². The molecule has 1 aliphatic heterocycles. The second-order valence-corrected chi connectivity index (χ2v) is 6.20. The van der Waals surface area contributed by atoms with Gasteiger partial charge in [-0.3, -0.25) is 0 Å². The fourth-order valence-corrected chi connectivity index (χ4v) is 3.32. The van der Waals surface area contributed by atoms with Crippen LogP contribution in [0.3, 0.4) is 0 Å². The van der Waals surface area contributed by atoms with Crippen LogP contribution in [0.2, 0.25) is 0 Å². The monoisotopic (exact) mass is 265 g/mol. The summed E-state index contributed by atoms with van der Waals surface area (Å²) in [5.74, 6) is 0.778. The molecule has 0 aromatic carbocycles. The summed E-state index contributed by atoms with van der Waals surface area (Å²) < 4.78 is 5.55. The topological polar surface area (TPSA) is 21.3 Å². The van der Waals surface area contributed by atoms with Gasteiger partial charge >= 0.3 is 0 Å². The van der Waals surface area contributed by atoms with Crippen molar-refractivity contribution in [1.82, 2.24) is 5.32 Å². The number of nitrogens with one attached hydrogen (secondary N) is 1. The highest BCUT2D eigenvalue weighted by molar-refractivity contribution is 5.12. The first kappa shape index (κ1) is 15.1. The summed E-state index contributed by atoms with van der Waals surface area (Å²) in [5.41, 5.74) is 1.69. The molecule has 1 saturated heterocycles. The lowest BCUT2D eigenvalue weighted by atomic mass is 9.89. The van der Waals surface area contributed by atoms with Gasteiger partial charge in [0.2, 0.25) is 0 Å². The standard InChI is InChI=1S/C17H31NO/c1-2-11-18-17(13-15-10-12-19-14-15)16-8-6-4-3-5-7-9-16/h8,15,17-18H,2-7,9-14H2,1H3. The van der Waals surface area contributed by atoms with Gasteiger partial charge in [-0.05, 0) is 57.4 Å².